The first-order chi connectivity index (χ1) is 7.67. The van der Waals surface area contributed by atoms with E-state index in [1.54, 1.807) is 0 Å². The summed E-state index contributed by atoms with van der Waals surface area (Å²) in [4.78, 5) is 0. The van der Waals surface area contributed by atoms with Crippen LogP contribution in [-0.4, -0.2) is 6.04 Å². The molecule has 0 bridgehead atoms. The van der Waals surface area contributed by atoms with Gasteiger partial charge in [-0.15, -0.1) is 0 Å². The zero-order valence-corrected chi connectivity index (χ0v) is 11.4. The smallest absolute Gasteiger partial charge is 0.0638 e. The Balaban J connectivity index is 2.65. The lowest BCUT2D eigenvalue weighted by molar-refractivity contribution is 0.593. The van der Waals surface area contributed by atoms with Gasteiger partial charge in [-0.2, -0.15) is 0 Å². The van der Waals surface area contributed by atoms with E-state index in [1.165, 1.54) is 19.3 Å². The number of hydrogen-bond acceptors (Lipinski definition) is 1. The highest BCUT2D eigenvalue weighted by molar-refractivity contribution is 6.35. The number of hydrogen-bond donors (Lipinski definition) is 1. The molecule has 16 heavy (non-hydrogen) atoms. The molecule has 90 valence electrons. The summed E-state index contributed by atoms with van der Waals surface area (Å²) in [6.07, 6.45) is 4.74. The standard InChI is InChI=1S/C13H19Cl2N/c1-3-5-6-11(4-2)16-13-9-10(14)7-8-12(13)15/h7-9,11,16H,3-6H2,1-2H3. The normalized spacial score (nSPS) is 12.5. The molecule has 1 nitrogen and oxygen atoms in total. The van der Waals surface area contributed by atoms with Gasteiger partial charge in [-0.05, 0) is 31.0 Å². The summed E-state index contributed by atoms with van der Waals surface area (Å²) in [6.45, 7) is 4.39. The molecule has 0 heterocycles. The van der Waals surface area contributed by atoms with Crippen molar-refractivity contribution in [3.8, 4) is 0 Å². The Bertz CT molecular complexity index is 326. The summed E-state index contributed by atoms with van der Waals surface area (Å²) in [5.41, 5.74) is 0.942. The fraction of sp³-hybridized carbons (Fsp3) is 0.538. The van der Waals surface area contributed by atoms with Gasteiger partial charge in [-0.25, -0.2) is 0 Å². The van der Waals surface area contributed by atoms with Crippen molar-refractivity contribution in [2.24, 2.45) is 0 Å². The summed E-state index contributed by atoms with van der Waals surface area (Å²) in [6, 6.07) is 6.01. The first-order valence-electron chi connectivity index (χ1n) is 5.89. The fourth-order valence-electron chi connectivity index (χ4n) is 1.66. The predicted molar refractivity (Wildman–Crippen MR) is 73.7 cm³/mol. The maximum Gasteiger partial charge on any atom is 0.0638 e. The van der Waals surface area contributed by atoms with Gasteiger partial charge in [0.15, 0.2) is 0 Å². The number of benzene rings is 1. The average Bonchev–Trinajstić information content (AvgIpc) is 2.28. The summed E-state index contributed by atoms with van der Waals surface area (Å²) >= 11 is 12.1. The van der Waals surface area contributed by atoms with Crippen LogP contribution in [0.5, 0.6) is 0 Å². The monoisotopic (exact) mass is 259 g/mol. The van der Waals surface area contributed by atoms with Crippen molar-refractivity contribution < 1.29 is 0 Å². The van der Waals surface area contributed by atoms with E-state index in [9.17, 15) is 0 Å². The molecule has 3 heteroatoms. The van der Waals surface area contributed by atoms with Crippen LogP contribution in [0.3, 0.4) is 0 Å². The zero-order chi connectivity index (χ0) is 12.0. The molecule has 1 aromatic rings. The van der Waals surface area contributed by atoms with Crippen molar-refractivity contribution in [1.82, 2.24) is 0 Å². The van der Waals surface area contributed by atoms with Crippen LogP contribution >= 0.6 is 23.2 Å². The van der Waals surface area contributed by atoms with Crippen LogP contribution in [0.1, 0.15) is 39.5 Å². The van der Waals surface area contributed by atoms with E-state index < -0.39 is 0 Å². The first kappa shape index (κ1) is 13.7. The van der Waals surface area contributed by atoms with Crippen molar-refractivity contribution in [3.63, 3.8) is 0 Å². The lowest BCUT2D eigenvalue weighted by Gasteiger charge is -2.19. The number of nitrogens with one attached hydrogen (secondary N) is 1. The van der Waals surface area contributed by atoms with E-state index in [4.69, 9.17) is 23.2 Å². The van der Waals surface area contributed by atoms with Gasteiger partial charge in [0.25, 0.3) is 0 Å². The molecule has 0 spiro atoms. The van der Waals surface area contributed by atoms with Gasteiger partial charge < -0.3 is 5.32 Å². The van der Waals surface area contributed by atoms with Crippen LogP contribution in [0.4, 0.5) is 5.69 Å². The maximum absolute atomic E-state index is 6.11. The van der Waals surface area contributed by atoms with Crippen LogP contribution in [0.2, 0.25) is 10.0 Å². The molecule has 1 unspecified atom stereocenters. The van der Waals surface area contributed by atoms with E-state index in [0.29, 0.717) is 6.04 Å². The summed E-state index contributed by atoms with van der Waals surface area (Å²) < 4.78 is 0. The Hall–Kier alpha value is -0.400. The molecule has 0 amide bonds. The quantitative estimate of drug-likeness (QED) is 0.724. The second-order valence-electron chi connectivity index (χ2n) is 4.02. The van der Waals surface area contributed by atoms with Crippen LogP contribution in [-0.2, 0) is 0 Å². The molecule has 0 fully saturated rings. The Morgan fingerprint density at radius 2 is 2.00 bits per heavy atom. The van der Waals surface area contributed by atoms with E-state index in [0.717, 1.165) is 22.2 Å². The lowest BCUT2D eigenvalue weighted by atomic mass is 10.1. The van der Waals surface area contributed by atoms with Crippen molar-refractivity contribution in [2.45, 2.75) is 45.6 Å². The van der Waals surface area contributed by atoms with Crippen molar-refractivity contribution in [3.05, 3.63) is 28.2 Å². The topological polar surface area (TPSA) is 12.0 Å². The van der Waals surface area contributed by atoms with Crippen LogP contribution in [0, 0.1) is 0 Å². The van der Waals surface area contributed by atoms with Crippen molar-refractivity contribution >= 4 is 28.9 Å². The molecule has 0 aliphatic heterocycles. The van der Waals surface area contributed by atoms with Crippen molar-refractivity contribution in [1.29, 1.82) is 0 Å². The number of anilines is 1. The van der Waals surface area contributed by atoms with Gasteiger partial charge >= 0.3 is 0 Å². The fourth-order valence-corrected chi connectivity index (χ4v) is 2.00. The van der Waals surface area contributed by atoms with Gasteiger partial charge in [-0.1, -0.05) is 49.9 Å². The van der Waals surface area contributed by atoms with Crippen LogP contribution in [0.15, 0.2) is 18.2 Å². The van der Waals surface area contributed by atoms with Gasteiger partial charge in [0.2, 0.25) is 0 Å². The summed E-state index contributed by atoms with van der Waals surface area (Å²) in [7, 11) is 0. The molecule has 0 aliphatic rings. The Morgan fingerprint density at radius 3 is 2.62 bits per heavy atom. The Morgan fingerprint density at radius 1 is 1.25 bits per heavy atom. The lowest BCUT2D eigenvalue weighted by Crippen LogP contribution is -2.18. The molecule has 1 aromatic carbocycles. The first-order valence-corrected chi connectivity index (χ1v) is 6.64. The minimum Gasteiger partial charge on any atom is -0.381 e. The highest BCUT2D eigenvalue weighted by atomic mass is 35.5. The SMILES string of the molecule is CCCCC(CC)Nc1cc(Cl)ccc1Cl. The summed E-state index contributed by atoms with van der Waals surface area (Å²) in [5, 5.41) is 4.91. The number of halogens is 2. The molecule has 1 atom stereocenters. The third kappa shape index (κ3) is 4.23. The highest BCUT2D eigenvalue weighted by Gasteiger charge is 2.08. The third-order valence-electron chi connectivity index (χ3n) is 2.69. The maximum atomic E-state index is 6.11. The van der Waals surface area contributed by atoms with Crippen LogP contribution in [0.25, 0.3) is 0 Å². The number of rotatable bonds is 6. The van der Waals surface area contributed by atoms with Gasteiger partial charge in [0.1, 0.15) is 0 Å². The second kappa shape index (κ2) is 7.03. The molecular weight excluding hydrogens is 241 g/mol. The molecule has 0 aliphatic carbocycles. The number of unbranched alkanes of at least 4 members (excludes halogenated alkanes) is 1. The van der Waals surface area contributed by atoms with Gasteiger partial charge in [0.05, 0.1) is 10.7 Å². The molecule has 0 aromatic heterocycles. The average molecular weight is 260 g/mol. The molecule has 1 N–H and O–H groups in total. The third-order valence-corrected chi connectivity index (χ3v) is 3.25. The zero-order valence-electron chi connectivity index (χ0n) is 9.89. The molecule has 0 saturated carbocycles. The minimum atomic E-state index is 0.482. The molecule has 0 saturated heterocycles. The van der Waals surface area contributed by atoms with Gasteiger partial charge in [0, 0.05) is 11.1 Å². The Kier molecular flexibility index (Phi) is 6.00. The predicted octanol–water partition coefficient (Wildman–Crippen LogP) is 5.37. The van der Waals surface area contributed by atoms with E-state index in [1.807, 2.05) is 18.2 Å². The van der Waals surface area contributed by atoms with E-state index >= 15 is 0 Å². The highest BCUT2D eigenvalue weighted by Crippen LogP contribution is 2.27. The van der Waals surface area contributed by atoms with Crippen molar-refractivity contribution in [2.75, 3.05) is 5.32 Å². The largest absolute Gasteiger partial charge is 0.381 e. The second-order valence-corrected chi connectivity index (χ2v) is 4.86. The molecule has 1 rings (SSSR count). The molecular formula is C13H19Cl2N. The Labute approximate surface area is 108 Å². The van der Waals surface area contributed by atoms with E-state index in [2.05, 4.69) is 19.2 Å². The molecule has 0 radical (unpaired) electrons. The van der Waals surface area contributed by atoms with Crippen LogP contribution < -0.4 is 5.32 Å². The minimum absolute atomic E-state index is 0.482. The summed E-state index contributed by atoms with van der Waals surface area (Å²) in [5.74, 6) is 0. The van der Waals surface area contributed by atoms with Gasteiger partial charge in [-0.3, -0.25) is 0 Å². The van der Waals surface area contributed by atoms with E-state index in [-0.39, 0.29) is 0 Å².